The molecule has 3 N–H and O–H groups in total. The van der Waals surface area contributed by atoms with E-state index in [1.165, 1.54) is 11.3 Å². The summed E-state index contributed by atoms with van der Waals surface area (Å²) in [5.74, 6) is -0.414. The third kappa shape index (κ3) is 5.07. The fraction of sp³-hybridized carbons (Fsp3) is 0.368. The Morgan fingerprint density at radius 1 is 1.21 bits per heavy atom. The van der Waals surface area contributed by atoms with Crippen LogP contribution >= 0.6 is 11.3 Å². The lowest BCUT2D eigenvalue weighted by Gasteiger charge is -2.26. The van der Waals surface area contributed by atoms with E-state index in [0.29, 0.717) is 30.2 Å². The van der Waals surface area contributed by atoms with Gasteiger partial charge in [-0.25, -0.2) is 9.78 Å². The lowest BCUT2D eigenvalue weighted by Crippen LogP contribution is -2.42. The molecule has 3 rings (SSSR count). The summed E-state index contributed by atoms with van der Waals surface area (Å²) >= 11 is 1.37. The van der Waals surface area contributed by atoms with Gasteiger partial charge in [-0.3, -0.25) is 14.9 Å². The van der Waals surface area contributed by atoms with Crippen molar-refractivity contribution < 1.29 is 14.4 Å². The lowest BCUT2D eigenvalue weighted by atomic mass is 10.2. The quantitative estimate of drug-likeness (QED) is 0.713. The molecule has 0 saturated heterocycles. The van der Waals surface area contributed by atoms with Crippen molar-refractivity contribution in [1.82, 2.24) is 20.5 Å². The standard InChI is InChI=1S/C19H23N5O3S/c1-12(2)21-18(27)23-19-22-14-8-9-24(11-15(14)28-19)16(25)10-20-17(26)13-6-4-3-5-7-13/h3-7,12H,8-11H2,1-2H3,(H,20,26)(H2,21,22,23,27). The van der Waals surface area contributed by atoms with E-state index in [-0.39, 0.29) is 30.4 Å². The van der Waals surface area contributed by atoms with Crippen molar-refractivity contribution in [3.8, 4) is 0 Å². The summed E-state index contributed by atoms with van der Waals surface area (Å²) < 4.78 is 0. The maximum absolute atomic E-state index is 12.5. The van der Waals surface area contributed by atoms with Gasteiger partial charge >= 0.3 is 6.03 Å². The molecule has 0 radical (unpaired) electrons. The molecule has 2 aromatic rings. The Hall–Kier alpha value is -2.94. The molecule has 1 aliphatic rings. The summed E-state index contributed by atoms with van der Waals surface area (Å²) in [4.78, 5) is 43.5. The van der Waals surface area contributed by atoms with Crippen molar-refractivity contribution in [3.63, 3.8) is 0 Å². The monoisotopic (exact) mass is 401 g/mol. The summed E-state index contributed by atoms with van der Waals surface area (Å²) in [6.45, 7) is 4.68. The van der Waals surface area contributed by atoms with Crippen LogP contribution in [0.15, 0.2) is 30.3 Å². The molecule has 0 spiro atoms. The minimum Gasteiger partial charge on any atom is -0.343 e. The van der Waals surface area contributed by atoms with E-state index in [1.807, 2.05) is 19.9 Å². The molecular weight excluding hydrogens is 378 g/mol. The van der Waals surface area contributed by atoms with Crippen molar-refractivity contribution in [2.24, 2.45) is 0 Å². The van der Waals surface area contributed by atoms with Gasteiger partial charge in [0.2, 0.25) is 5.91 Å². The van der Waals surface area contributed by atoms with E-state index in [1.54, 1.807) is 29.2 Å². The summed E-state index contributed by atoms with van der Waals surface area (Å²) in [6, 6.07) is 8.53. The number of urea groups is 1. The van der Waals surface area contributed by atoms with Crippen LogP contribution in [-0.4, -0.2) is 46.9 Å². The first-order valence-electron chi connectivity index (χ1n) is 9.09. The summed E-state index contributed by atoms with van der Waals surface area (Å²) in [7, 11) is 0. The minimum atomic E-state index is -0.294. The summed E-state index contributed by atoms with van der Waals surface area (Å²) in [6.07, 6.45) is 0.623. The zero-order valence-corrected chi connectivity index (χ0v) is 16.6. The first kappa shape index (κ1) is 19.8. The number of fused-ring (bicyclic) bond motifs is 1. The number of nitrogens with zero attached hydrogens (tertiary/aromatic N) is 2. The van der Waals surface area contributed by atoms with Crippen LogP contribution in [0.3, 0.4) is 0 Å². The van der Waals surface area contributed by atoms with E-state index in [2.05, 4.69) is 20.9 Å². The van der Waals surface area contributed by atoms with Crippen molar-refractivity contribution in [1.29, 1.82) is 0 Å². The topological polar surface area (TPSA) is 103 Å². The molecule has 0 bridgehead atoms. The number of amides is 4. The zero-order chi connectivity index (χ0) is 20.1. The third-order valence-electron chi connectivity index (χ3n) is 4.16. The number of benzene rings is 1. The Kier molecular flexibility index (Phi) is 6.25. The zero-order valence-electron chi connectivity index (χ0n) is 15.8. The van der Waals surface area contributed by atoms with Gasteiger partial charge in [0.1, 0.15) is 0 Å². The molecule has 0 fully saturated rings. The highest BCUT2D eigenvalue weighted by Gasteiger charge is 2.24. The van der Waals surface area contributed by atoms with E-state index >= 15 is 0 Å². The fourth-order valence-corrected chi connectivity index (χ4v) is 3.84. The Labute approximate surface area is 167 Å². The highest BCUT2D eigenvalue weighted by Crippen LogP contribution is 2.28. The number of hydrogen-bond acceptors (Lipinski definition) is 5. The smallest absolute Gasteiger partial charge is 0.321 e. The van der Waals surface area contributed by atoms with Crippen LogP contribution < -0.4 is 16.0 Å². The normalized spacial score (nSPS) is 13.0. The molecule has 1 aromatic carbocycles. The van der Waals surface area contributed by atoms with Crippen LogP contribution in [0.1, 0.15) is 34.8 Å². The van der Waals surface area contributed by atoms with Crippen LogP contribution in [0, 0.1) is 0 Å². The molecule has 0 atom stereocenters. The van der Waals surface area contributed by atoms with Crippen LogP contribution in [-0.2, 0) is 17.8 Å². The second-order valence-electron chi connectivity index (χ2n) is 6.76. The van der Waals surface area contributed by atoms with Gasteiger partial charge in [-0.05, 0) is 26.0 Å². The Morgan fingerprint density at radius 3 is 2.68 bits per heavy atom. The van der Waals surface area contributed by atoms with Crippen LogP contribution in [0.5, 0.6) is 0 Å². The van der Waals surface area contributed by atoms with E-state index < -0.39 is 0 Å². The minimum absolute atomic E-state index is 0.0359. The molecule has 148 valence electrons. The number of anilines is 1. The number of nitrogens with one attached hydrogen (secondary N) is 3. The van der Waals surface area contributed by atoms with Gasteiger partial charge in [0.15, 0.2) is 5.13 Å². The largest absolute Gasteiger partial charge is 0.343 e. The molecular formula is C19H23N5O3S. The molecule has 0 aliphatic carbocycles. The second-order valence-corrected chi connectivity index (χ2v) is 7.84. The van der Waals surface area contributed by atoms with Crippen LogP contribution in [0.4, 0.5) is 9.93 Å². The van der Waals surface area contributed by atoms with E-state index in [4.69, 9.17) is 0 Å². The van der Waals surface area contributed by atoms with Crippen LogP contribution in [0.25, 0.3) is 0 Å². The lowest BCUT2D eigenvalue weighted by molar-refractivity contribution is -0.130. The predicted molar refractivity (Wildman–Crippen MR) is 107 cm³/mol. The average molecular weight is 401 g/mol. The van der Waals surface area contributed by atoms with Gasteiger partial charge in [-0.1, -0.05) is 29.5 Å². The van der Waals surface area contributed by atoms with Crippen molar-refractivity contribution in [2.75, 3.05) is 18.4 Å². The molecule has 1 aliphatic heterocycles. The van der Waals surface area contributed by atoms with Gasteiger partial charge in [-0.2, -0.15) is 0 Å². The highest BCUT2D eigenvalue weighted by molar-refractivity contribution is 7.15. The Balaban J connectivity index is 1.53. The molecule has 0 unspecified atom stereocenters. The number of rotatable bonds is 5. The highest BCUT2D eigenvalue weighted by atomic mass is 32.1. The van der Waals surface area contributed by atoms with Gasteiger partial charge in [-0.15, -0.1) is 0 Å². The van der Waals surface area contributed by atoms with E-state index in [9.17, 15) is 14.4 Å². The molecule has 1 aromatic heterocycles. The van der Waals surface area contributed by atoms with Gasteiger partial charge < -0.3 is 15.5 Å². The number of carbonyl (C=O) groups excluding carboxylic acids is 3. The SMILES string of the molecule is CC(C)NC(=O)Nc1nc2c(s1)CN(C(=O)CNC(=O)c1ccccc1)CC2. The first-order chi connectivity index (χ1) is 13.4. The fourth-order valence-electron chi connectivity index (χ4n) is 2.82. The molecule has 0 saturated carbocycles. The molecule has 9 heteroatoms. The van der Waals surface area contributed by atoms with Crippen LogP contribution in [0.2, 0.25) is 0 Å². The average Bonchev–Trinajstić information content (AvgIpc) is 3.06. The molecule has 2 heterocycles. The number of carbonyl (C=O) groups is 3. The molecule has 4 amide bonds. The van der Waals surface area contributed by atoms with Gasteiger partial charge in [0.05, 0.1) is 18.8 Å². The first-order valence-corrected chi connectivity index (χ1v) is 9.91. The van der Waals surface area contributed by atoms with Crippen molar-refractivity contribution >= 4 is 34.3 Å². The Morgan fingerprint density at radius 2 is 1.96 bits per heavy atom. The van der Waals surface area contributed by atoms with Crippen molar-refractivity contribution in [3.05, 3.63) is 46.5 Å². The maximum Gasteiger partial charge on any atom is 0.321 e. The van der Waals surface area contributed by atoms with Crippen molar-refractivity contribution in [2.45, 2.75) is 32.9 Å². The number of thiazole rings is 1. The predicted octanol–water partition coefficient (Wildman–Crippen LogP) is 1.99. The molecule has 28 heavy (non-hydrogen) atoms. The van der Waals surface area contributed by atoms with Gasteiger partial charge in [0.25, 0.3) is 5.91 Å². The maximum atomic E-state index is 12.5. The van der Waals surface area contributed by atoms with Gasteiger partial charge in [0, 0.05) is 29.4 Å². The van der Waals surface area contributed by atoms with E-state index in [0.717, 1.165) is 10.6 Å². The summed E-state index contributed by atoms with van der Waals surface area (Å²) in [5, 5.41) is 8.67. The molecule has 8 nitrogen and oxygen atoms in total. The number of aromatic nitrogens is 1. The Bertz CT molecular complexity index is 866. The third-order valence-corrected chi connectivity index (χ3v) is 5.16. The summed E-state index contributed by atoms with van der Waals surface area (Å²) in [5.41, 5.74) is 1.43. The second kappa shape index (κ2) is 8.83. The number of hydrogen-bond donors (Lipinski definition) is 3.